The van der Waals surface area contributed by atoms with Crippen molar-refractivity contribution in [3.8, 4) is 6.07 Å². The van der Waals surface area contributed by atoms with Gasteiger partial charge in [0.25, 0.3) is 0 Å². The first kappa shape index (κ1) is 9.20. The Morgan fingerprint density at radius 2 is 2.58 bits per heavy atom. The number of likely N-dealkylation sites (N-methyl/N-ethyl adjacent to an activating group) is 1. The van der Waals surface area contributed by atoms with Gasteiger partial charge in [0, 0.05) is 0 Å². The topological polar surface area (TPSA) is 56.0 Å². The van der Waals surface area contributed by atoms with E-state index in [2.05, 4.69) is 11.4 Å². The number of thiophene rings is 1. The van der Waals surface area contributed by atoms with Gasteiger partial charge < -0.3 is 10.4 Å². The highest BCUT2D eigenvalue weighted by atomic mass is 32.1. The normalized spacial score (nSPS) is 12.4. The van der Waals surface area contributed by atoms with Crippen LogP contribution in [-0.4, -0.2) is 18.8 Å². The maximum Gasteiger partial charge on any atom is 0.110 e. The van der Waals surface area contributed by atoms with Gasteiger partial charge in [0.15, 0.2) is 0 Å². The Morgan fingerprint density at radius 1 is 1.83 bits per heavy atom. The van der Waals surface area contributed by atoms with E-state index < -0.39 is 0 Å². The molecule has 1 aromatic heterocycles. The van der Waals surface area contributed by atoms with Crippen LogP contribution in [0.1, 0.15) is 16.5 Å². The predicted octanol–water partition coefficient (Wildman–Crippen LogP) is 0.873. The molecule has 0 bridgehead atoms. The number of nitrogens with one attached hydrogen (secondary N) is 1. The van der Waals surface area contributed by atoms with E-state index in [0.29, 0.717) is 4.88 Å². The molecule has 0 aromatic carbocycles. The third-order valence-corrected chi connectivity index (χ3v) is 2.52. The van der Waals surface area contributed by atoms with E-state index >= 15 is 0 Å². The summed E-state index contributed by atoms with van der Waals surface area (Å²) in [5.41, 5.74) is 0.974. The molecule has 2 N–H and O–H groups in total. The second-order valence-electron chi connectivity index (χ2n) is 2.38. The Kier molecular flexibility index (Phi) is 3.23. The minimum atomic E-state index is -0.0525. The van der Waals surface area contributed by atoms with Gasteiger partial charge in [0.05, 0.1) is 12.6 Å². The number of aliphatic hydroxyl groups excluding tert-OH is 1. The highest BCUT2D eigenvalue weighted by Gasteiger charge is 2.09. The van der Waals surface area contributed by atoms with Crippen molar-refractivity contribution in [2.24, 2.45) is 0 Å². The highest BCUT2D eigenvalue weighted by molar-refractivity contribution is 7.10. The number of nitriles is 1. The number of aliphatic hydroxyl groups is 1. The summed E-state index contributed by atoms with van der Waals surface area (Å²) in [5.74, 6) is 0. The fourth-order valence-corrected chi connectivity index (χ4v) is 1.71. The van der Waals surface area contributed by atoms with Crippen molar-refractivity contribution >= 4 is 11.3 Å². The van der Waals surface area contributed by atoms with Crippen LogP contribution < -0.4 is 5.32 Å². The summed E-state index contributed by atoms with van der Waals surface area (Å²) in [6, 6.07) is 3.80. The summed E-state index contributed by atoms with van der Waals surface area (Å²) in [6.07, 6.45) is 0. The SMILES string of the molecule is CN[C@H](CO)c1csc(C#N)c1. The monoisotopic (exact) mass is 182 g/mol. The van der Waals surface area contributed by atoms with E-state index in [-0.39, 0.29) is 12.6 Å². The molecule has 1 aromatic rings. The lowest BCUT2D eigenvalue weighted by atomic mass is 10.1. The summed E-state index contributed by atoms with van der Waals surface area (Å²) >= 11 is 1.40. The van der Waals surface area contributed by atoms with E-state index in [9.17, 15) is 0 Å². The van der Waals surface area contributed by atoms with Gasteiger partial charge in [-0.05, 0) is 24.1 Å². The zero-order valence-electron chi connectivity index (χ0n) is 6.74. The summed E-state index contributed by atoms with van der Waals surface area (Å²) < 4.78 is 0. The minimum absolute atomic E-state index is 0.0525. The van der Waals surface area contributed by atoms with Crippen LogP contribution in [0.2, 0.25) is 0 Å². The molecule has 0 unspecified atom stereocenters. The summed E-state index contributed by atoms with van der Waals surface area (Å²) in [4.78, 5) is 0.679. The molecule has 0 saturated heterocycles. The lowest BCUT2D eigenvalue weighted by molar-refractivity contribution is 0.251. The van der Waals surface area contributed by atoms with Gasteiger partial charge in [0.2, 0.25) is 0 Å². The van der Waals surface area contributed by atoms with Gasteiger partial charge in [0.1, 0.15) is 10.9 Å². The lowest BCUT2D eigenvalue weighted by Gasteiger charge is -2.09. The standard InChI is InChI=1S/C8H10N2OS/c1-10-8(4-11)6-2-7(3-9)12-5-6/h2,5,8,10-11H,4H2,1H3/t8-/m1/s1. The summed E-state index contributed by atoms with van der Waals surface area (Å²) in [5, 5.41) is 22.3. The van der Waals surface area contributed by atoms with Gasteiger partial charge in [-0.1, -0.05) is 0 Å². The van der Waals surface area contributed by atoms with Crippen molar-refractivity contribution in [3.05, 3.63) is 21.9 Å². The second kappa shape index (κ2) is 4.21. The van der Waals surface area contributed by atoms with Gasteiger partial charge in [-0.15, -0.1) is 11.3 Å². The van der Waals surface area contributed by atoms with Crippen LogP contribution >= 0.6 is 11.3 Å². The predicted molar refractivity (Wildman–Crippen MR) is 47.9 cm³/mol. The first-order chi connectivity index (χ1) is 5.81. The van der Waals surface area contributed by atoms with E-state index in [0.717, 1.165) is 5.56 Å². The van der Waals surface area contributed by atoms with Crippen molar-refractivity contribution < 1.29 is 5.11 Å². The van der Waals surface area contributed by atoms with Crippen LogP contribution in [0.25, 0.3) is 0 Å². The van der Waals surface area contributed by atoms with Crippen molar-refractivity contribution in [3.63, 3.8) is 0 Å². The van der Waals surface area contributed by atoms with Crippen LogP contribution in [0.5, 0.6) is 0 Å². The highest BCUT2D eigenvalue weighted by Crippen LogP contribution is 2.19. The fraction of sp³-hybridized carbons (Fsp3) is 0.375. The third kappa shape index (κ3) is 1.83. The lowest BCUT2D eigenvalue weighted by Crippen LogP contribution is -2.19. The molecule has 4 heteroatoms. The molecule has 0 radical (unpaired) electrons. The fourth-order valence-electron chi connectivity index (χ4n) is 0.956. The average molecular weight is 182 g/mol. The van der Waals surface area contributed by atoms with Crippen LogP contribution in [-0.2, 0) is 0 Å². The number of hydrogen-bond donors (Lipinski definition) is 2. The molecule has 1 rings (SSSR count). The molecule has 0 saturated carbocycles. The van der Waals surface area contributed by atoms with Gasteiger partial charge in [-0.25, -0.2) is 0 Å². The van der Waals surface area contributed by atoms with Crippen molar-refractivity contribution in [2.45, 2.75) is 6.04 Å². The molecule has 0 aliphatic carbocycles. The second-order valence-corrected chi connectivity index (χ2v) is 3.29. The van der Waals surface area contributed by atoms with Crippen LogP contribution in [0, 0.1) is 11.3 Å². The molecule has 0 aliphatic heterocycles. The quantitative estimate of drug-likeness (QED) is 0.729. The number of nitrogens with zero attached hydrogens (tertiary/aromatic N) is 1. The Hall–Kier alpha value is -0.890. The Labute approximate surface area is 75.3 Å². The molecule has 1 atom stereocenters. The molecule has 0 spiro atoms. The molecule has 3 nitrogen and oxygen atoms in total. The Bertz CT molecular complexity index is 285. The first-order valence-corrected chi connectivity index (χ1v) is 4.46. The maximum atomic E-state index is 8.92. The average Bonchev–Trinajstić information content (AvgIpc) is 2.55. The molecule has 64 valence electrons. The number of hydrogen-bond acceptors (Lipinski definition) is 4. The Morgan fingerprint density at radius 3 is 3.00 bits per heavy atom. The molecule has 0 aliphatic rings. The molecule has 0 amide bonds. The minimum Gasteiger partial charge on any atom is -0.394 e. The molecule has 12 heavy (non-hydrogen) atoms. The smallest absolute Gasteiger partial charge is 0.110 e. The van der Waals surface area contributed by atoms with E-state index in [1.165, 1.54) is 11.3 Å². The number of rotatable bonds is 3. The molecule has 1 heterocycles. The van der Waals surface area contributed by atoms with E-state index in [1.54, 1.807) is 13.1 Å². The van der Waals surface area contributed by atoms with Crippen LogP contribution in [0.3, 0.4) is 0 Å². The van der Waals surface area contributed by atoms with E-state index in [4.69, 9.17) is 10.4 Å². The largest absolute Gasteiger partial charge is 0.394 e. The molecular weight excluding hydrogens is 172 g/mol. The zero-order valence-corrected chi connectivity index (χ0v) is 7.56. The summed E-state index contributed by atoms with van der Waals surface area (Å²) in [6.45, 7) is 0.0537. The molecule has 0 fully saturated rings. The van der Waals surface area contributed by atoms with Gasteiger partial charge in [-0.3, -0.25) is 0 Å². The maximum absolute atomic E-state index is 8.92. The van der Waals surface area contributed by atoms with Gasteiger partial charge in [-0.2, -0.15) is 5.26 Å². The Balaban J connectivity index is 2.81. The van der Waals surface area contributed by atoms with Crippen molar-refractivity contribution in [1.29, 1.82) is 5.26 Å². The zero-order chi connectivity index (χ0) is 8.97. The molecular formula is C8H10N2OS. The third-order valence-electron chi connectivity index (χ3n) is 1.66. The van der Waals surface area contributed by atoms with E-state index in [1.807, 2.05) is 5.38 Å². The van der Waals surface area contributed by atoms with Crippen molar-refractivity contribution in [1.82, 2.24) is 5.32 Å². The summed E-state index contributed by atoms with van der Waals surface area (Å²) in [7, 11) is 1.78. The van der Waals surface area contributed by atoms with Crippen molar-refractivity contribution in [2.75, 3.05) is 13.7 Å². The van der Waals surface area contributed by atoms with Crippen LogP contribution in [0.4, 0.5) is 0 Å². The van der Waals surface area contributed by atoms with Crippen LogP contribution in [0.15, 0.2) is 11.4 Å². The van der Waals surface area contributed by atoms with Gasteiger partial charge >= 0.3 is 0 Å². The first-order valence-electron chi connectivity index (χ1n) is 3.58.